The van der Waals surface area contributed by atoms with Crippen LogP contribution in [0.1, 0.15) is 50.7 Å². The maximum atomic E-state index is 10.1. The summed E-state index contributed by atoms with van der Waals surface area (Å²) in [5, 5.41) is 10.1. The lowest BCUT2D eigenvalue weighted by Gasteiger charge is -2.35. The van der Waals surface area contributed by atoms with Crippen molar-refractivity contribution in [3.63, 3.8) is 0 Å². The SMILES string of the molecule is COc1cccc(N(C)C2CCCCC2)c1C(C)O. The molecule has 0 amide bonds. The Morgan fingerprint density at radius 3 is 2.53 bits per heavy atom. The maximum Gasteiger partial charge on any atom is 0.126 e. The average molecular weight is 263 g/mol. The molecule has 1 N–H and O–H groups in total. The molecule has 1 aromatic carbocycles. The van der Waals surface area contributed by atoms with E-state index in [1.54, 1.807) is 14.0 Å². The number of ether oxygens (including phenoxy) is 1. The van der Waals surface area contributed by atoms with Crippen LogP contribution in [-0.4, -0.2) is 25.3 Å². The molecular formula is C16H25NO2. The highest BCUT2D eigenvalue weighted by Crippen LogP contribution is 2.36. The molecule has 1 aromatic rings. The van der Waals surface area contributed by atoms with Crippen molar-refractivity contribution in [1.29, 1.82) is 0 Å². The van der Waals surface area contributed by atoms with Crippen molar-refractivity contribution in [2.24, 2.45) is 0 Å². The Kier molecular flexibility index (Phi) is 4.70. The molecule has 1 saturated carbocycles. The van der Waals surface area contributed by atoms with Gasteiger partial charge >= 0.3 is 0 Å². The Labute approximate surface area is 116 Å². The molecule has 0 radical (unpaired) electrons. The maximum absolute atomic E-state index is 10.1. The number of benzene rings is 1. The van der Waals surface area contributed by atoms with Gasteiger partial charge in [-0.05, 0) is 31.9 Å². The zero-order valence-corrected chi connectivity index (χ0v) is 12.2. The molecule has 0 aliphatic heterocycles. The molecule has 0 aromatic heterocycles. The second-order valence-electron chi connectivity index (χ2n) is 5.47. The first-order valence-corrected chi connectivity index (χ1v) is 7.23. The van der Waals surface area contributed by atoms with Crippen molar-refractivity contribution in [2.45, 2.75) is 51.2 Å². The van der Waals surface area contributed by atoms with E-state index >= 15 is 0 Å². The molecule has 19 heavy (non-hydrogen) atoms. The first kappa shape index (κ1) is 14.2. The number of hydrogen-bond donors (Lipinski definition) is 1. The number of nitrogens with zero attached hydrogens (tertiary/aromatic N) is 1. The average Bonchev–Trinajstić information content (AvgIpc) is 2.46. The molecule has 1 aliphatic rings. The van der Waals surface area contributed by atoms with Gasteiger partial charge < -0.3 is 14.7 Å². The molecule has 0 spiro atoms. The Bertz CT molecular complexity index is 411. The van der Waals surface area contributed by atoms with Crippen LogP contribution in [0.5, 0.6) is 5.75 Å². The number of aliphatic hydroxyl groups is 1. The summed E-state index contributed by atoms with van der Waals surface area (Å²) < 4.78 is 5.40. The van der Waals surface area contributed by atoms with Gasteiger partial charge in [-0.2, -0.15) is 0 Å². The summed E-state index contributed by atoms with van der Waals surface area (Å²) in [6.45, 7) is 1.80. The van der Waals surface area contributed by atoms with E-state index in [1.165, 1.54) is 32.1 Å². The quantitative estimate of drug-likeness (QED) is 0.902. The molecule has 1 unspecified atom stereocenters. The lowest BCUT2D eigenvalue weighted by atomic mass is 9.93. The molecule has 1 fully saturated rings. The van der Waals surface area contributed by atoms with Gasteiger partial charge in [0.15, 0.2) is 0 Å². The second-order valence-corrected chi connectivity index (χ2v) is 5.47. The van der Waals surface area contributed by atoms with Crippen LogP contribution in [0.25, 0.3) is 0 Å². The van der Waals surface area contributed by atoms with Crippen LogP contribution >= 0.6 is 0 Å². The lowest BCUT2D eigenvalue weighted by Crippen LogP contribution is -2.34. The Balaban J connectivity index is 2.32. The highest BCUT2D eigenvalue weighted by atomic mass is 16.5. The normalized spacial score (nSPS) is 18.1. The summed E-state index contributed by atoms with van der Waals surface area (Å²) in [5.74, 6) is 0.773. The molecule has 1 aliphatic carbocycles. The van der Waals surface area contributed by atoms with Crippen molar-refractivity contribution < 1.29 is 9.84 Å². The first-order chi connectivity index (χ1) is 9.15. The summed E-state index contributed by atoms with van der Waals surface area (Å²) in [5.41, 5.74) is 2.00. The fourth-order valence-corrected chi connectivity index (χ4v) is 3.10. The number of methoxy groups -OCH3 is 1. The van der Waals surface area contributed by atoms with E-state index in [9.17, 15) is 5.11 Å². The van der Waals surface area contributed by atoms with Crippen molar-refractivity contribution >= 4 is 5.69 Å². The molecule has 3 heteroatoms. The smallest absolute Gasteiger partial charge is 0.126 e. The number of hydrogen-bond acceptors (Lipinski definition) is 3. The van der Waals surface area contributed by atoms with E-state index in [0.717, 1.165) is 17.0 Å². The summed E-state index contributed by atoms with van der Waals surface area (Å²) >= 11 is 0. The minimum Gasteiger partial charge on any atom is -0.496 e. The van der Waals surface area contributed by atoms with Crippen LogP contribution in [0.2, 0.25) is 0 Å². The van der Waals surface area contributed by atoms with Gasteiger partial charge in [-0.1, -0.05) is 25.3 Å². The fraction of sp³-hybridized carbons (Fsp3) is 0.625. The molecule has 0 heterocycles. The zero-order chi connectivity index (χ0) is 13.8. The molecule has 2 rings (SSSR count). The Hall–Kier alpha value is -1.22. The second kappa shape index (κ2) is 6.29. The minimum atomic E-state index is -0.516. The van der Waals surface area contributed by atoms with Crippen LogP contribution in [0.3, 0.4) is 0 Å². The molecular weight excluding hydrogens is 238 g/mol. The number of anilines is 1. The Morgan fingerprint density at radius 1 is 1.26 bits per heavy atom. The standard InChI is InChI=1S/C16H25NO2/c1-12(18)16-14(10-7-11-15(16)19-3)17(2)13-8-5-4-6-9-13/h7,10-13,18H,4-6,8-9H2,1-3H3. The number of rotatable bonds is 4. The third kappa shape index (κ3) is 3.03. The van der Waals surface area contributed by atoms with Gasteiger partial charge in [-0.25, -0.2) is 0 Å². The highest BCUT2D eigenvalue weighted by Gasteiger charge is 2.23. The molecule has 0 saturated heterocycles. The summed E-state index contributed by atoms with van der Waals surface area (Å²) in [6.07, 6.45) is 5.94. The van der Waals surface area contributed by atoms with Gasteiger partial charge in [0.05, 0.1) is 13.2 Å². The van der Waals surface area contributed by atoms with Crippen LogP contribution in [-0.2, 0) is 0 Å². The van der Waals surface area contributed by atoms with Gasteiger partial charge in [-0.3, -0.25) is 0 Å². The topological polar surface area (TPSA) is 32.7 Å². The van der Waals surface area contributed by atoms with Crippen molar-refractivity contribution in [2.75, 3.05) is 19.1 Å². The van der Waals surface area contributed by atoms with E-state index in [1.807, 2.05) is 12.1 Å². The van der Waals surface area contributed by atoms with E-state index < -0.39 is 6.10 Å². The molecule has 1 atom stereocenters. The van der Waals surface area contributed by atoms with Crippen molar-refractivity contribution in [1.82, 2.24) is 0 Å². The summed E-state index contributed by atoms with van der Waals surface area (Å²) in [7, 11) is 3.79. The van der Waals surface area contributed by atoms with E-state index in [-0.39, 0.29) is 0 Å². The third-order valence-electron chi connectivity index (χ3n) is 4.18. The monoisotopic (exact) mass is 263 g/mol. The van der Waals surface area contributed by atoms with Crippen molar-refractivity contribution in [3.8, 4) is 5.75 Å². The first-order valence-electron chi connectivity index (χ1n) is 7.23. The van der Waals surface area contributed by atoms with Crippen LogP contribution in [0, 0.1) is 0 Å². The fourth-order valence-electron chi connectivity index (χ4n) is 3.10. The number of aliphatic hydroxyl groups excluding tert-OH is 1. The van der Waals surface area contributed by atoms with Gasteiger partial charge in [0.1, 0.15) is 5.75 Å². The van der Waals surface area contributed by atoms with Gasteiger partial charge in [-0.15, -0.1) is 0 Å². The zero-order valence-electron chi connectivity index (χ0n) is 12.2. The minimum absolute atomic E-state index is 0.516. The van der Waals surface area contributed by atoms with Gasteiger partial charge in [0.25, 0.3) is 0 Å². The summed E-state index contributed by atoms with van der Waals surface area (Å²) in [6, 6.07) is 6.58. The third-order valence-corrected chi connectivity index (χ3v) is 4.18. The highest BCUT2D eigenvalue weighted by molar-refractivity contribution is 5.60. The van der Waals surface area contributed by atoms with Crippen molar-refractivity contribution in [3.05, 3.63) is 23.8 Å². The lowest BCUT2D eigenvalue weighted by molar-refractivity contribution is 0.194. The van der Waals surface area contributed by atoms with E-state index in [2.05, 4.69) is 18.0 Å². The summed E-state index contributed by atoms with van der Waals surface area (Å²) in [4.78, 5) is 2.32. The Morgan fingerprint density at radius 2 is 1.95 bits per heavy atom. The van der Waals surface area contributed by atoms with E-state index in [0.29, 0.717) is 6.04 Å². The van der Waals surface area contributed by atoms with Gasteiger partial charge in [0.2, 0.25) is 0 Å². The van der Waals surface area contributed by atoms with Crippen LogP contribution in [0.4, 0.5) is 5.69 Å². The molecule has 3 nitrogen and oxygen atoms in total. The van der Waals surface area contributed by atoms with Crippen LogP contribution < -0.4 is 9.64 Å². The molecule has 0 bridgehead atoms. The predicted molar refractivity (Wildman–Crippen MR) is 78.9 cm³/mol. The van der Waals surface area contributed by atoms with E-state index in [4.69, 9.17) is 4.74 Å². The largest absolute Gasteiger partial charge is 0.496 e. The molecule has 106 valence electrons. The van der Waals surface area contributed by atoms with Gasteiger partial charge in [0, 0.05) is 24.3 Å². The van der Waals surface area contributed by atoms with Crippen LogP contribution in [0.15, 0.2) is 18.2 Å². The predicted octanol–water partition coefficient (Wildman–Crippen LogP) is 3.52.